The number of nitrogens with zero attached hydrogens (tertiary/aromatic N) is 1. The number of ether oxygens (including phenoxy) is 2. The summed E-state index contributed by atoms with van der Waals surface area (Å²) in [6.45, 7) is 3.94. The smallest absolute Gasteiger partial charge is 0.479 e. The minimum absolute atomic E-state index is 0.300. The molecule has 4 aromatic rings. The Bertz CT molecular complexity index is 1420. The molecule has 194 valence electrons. The minimum atomic E-state index is -4.81. The highest BCUT2D eigenvalue weighted by Crippen LogP contribution is 2.40. The summed E-state index contributed by atoms with van der Waals surface area (Å²) in [7, 11) is 0. The second-order valence-corrected chi connectivity index (χ2v) is 9.80. The number of fused-ring (bicyclic) bond motifs is 1. The third-order valence-corrected chi connectivity index (χ3v) is 7.15. The normalized spacial score (nSPS) is 12.5. The molecule has 0 saturated carbocycles. The number of hydrogen-bond acceptors (Lipinski definition) is 4. The lowest BCUT2D eigenvalue weighted by Crippen LogP contribution is -2.25. The minimum Gasteiger partial charge on any atom is -0.479 e. The Hall–Kier alpha value is -3.30. The van der Waals surface area contributed by atoms with Gasteiger partial charge in [0.05, 0.1) is 5.52 Å². The van der Waals surface area contributed by atoms with Crippen LogP contribution in [-0.2, 0) is 11.3 Å². The summed E-state index contributed by atoms with van der Waals surface area (Å²) in [5, 5.41) is 10.7. The molecule has 0 spiro atoms. The molecule has 10 heteroatoms. The maximum absolute atomic E-state index is 12.9. The molecule has 1 atom stereocenters. The number of halogens is 4. The first-order chi connectivity index (χ1) is 17.5. The standard InChI is InChI=1S/C27H23ClF3NO4S/c1-3-24(26(33)34)35-19-6-4-5-17(13-19)15-32-16(2)25(37-21-10-7-18(28)8-11-21)22-12-9-20(14-23(22)32)36-27(29,30)31/h4-14,24H,3,15H2,1-2H3,(H,33,34)/t24-/m1/s1. The molecule has 1 heterocycles. The molecule has 4 rings (SSSR count). The van der Waals surface area contributed by atoms with Crippen LogP contribution >= 0.6 is 23.4 Å². The Morgan fingerprint density at radius 2 is 1.81 bits per heavy atom. The van der Waals surface area contributed by atoms with Gasteiger partial charge in [-0.2, -0.15) is 0 Å². The zero-order chi connectivity index (χ0) is 26.7. The van der Waals surface area contributed by atoms with E-state index in [1.54, 1.807) is 43.3 Å². The maximum atomic E-state index is 12.9. The summed E-state index contributed by atoms with van der Waals surface area (Å²) < 4.78 is 50.5. The lowest BCUT2D eigenvalue weighted by molar-refractivity contribution is -0.274. The number of alkyl halides is 3. The van der Waals surface area contributed by atoms with Crippen molar-refractivity contribution in [1.29, 1.82) is 0 Å². The Morgan fingerprint density at radius 3 is 2.46 bits per heavy atom. The van der Waals surface area contributed by atoms with Gasteiger partial charge in [0.2, 0.25) is 0 Å². The average molecular weight is 550 g/mol. The number of carboxylic acids is 1. The number of aromatic nitrogens is 1. The van der Waals surface area contributed by atoms with Crippen molar-refractivity contribution in [1.82, 2.24) is 4.57 Å². The summed E-state index contributed by atoms with van der Waals surface area (Å²) in [6.07, 6.45) is -5.49. The second kappa shape index (κ2) is 11.0. The van der Waals surface area contributed by atoms with Crippen LogP contribution in [0.2, 0.25) is 5.02 Å². The number of rotatable bonds is 9. The van der Waals surface area contributed by atoms with Gasteiger partial charge in [-0.25, -0.2) is 4.79 Å². The molecular weight excluding hydrogens is 527 g/mol. The SMILES string of the molecule is CC[C@@H](Oc1cccc(Cn2c(C)c(Sc3ccc(Cl)cc3)c3ccc(OC(F)(F)F)cc32)c1)C(=O)O. The quantitative estimate of drug-likeness (QED) is 0.229. The second-order valence-electron chi connectivity index (χ2n) is 8.28. The third kappa shape index (κ3) is 6.53. The molecule has 1 N–H and O–H groups in total. The molecule has 0 unspecified atom stereocenters. The summed E-state index contributed by atoms with van der Waals surface area (Å²) in [5.41, 5.74) is 2.21. The zero-order valence-electron chi connectivity index (χ0n) is 19.9. The van der Waals surface area contributed by atoms with Crippen molar-refractivity contribution in [2.45, 2.75) is 49.1 Å². The molecule has 3 aromatic carbocycles. The van der Waals surface area contributed by atoms with Gasteiger partial charge in [-0.3, -0.25) is 0 Å². The van der Waals surface area contributed by atoms with Crippen LogP contribution in [0.15, 0.2) is 76.5 Å². The fourth-order valence-electron chi connectivity index (χ4n) is 3.95. The Balaban J connectivity index is 1.75. The van der Waals surface area contributed by atoms with Crippen LogP contribution in [0.1, 0.15) is 24.6 Å². The first-order valence-corrected chi connectivity index (χ1v) is 12.5. The first kappa shape index (κ1) is 26.8. The van der Waals surface area contributed by atoms with Crippen LogP contribution in [0, 0.1) is 6.92 Å². The fourth-order valence-corrected chi connectivity index (χ4v) is 5.12. The molecule has 0 aliphatic rings. The van der Waals surface area contributed by atoms with Crippen LogP contribution < -0.4 is 9.47 Å². The van der Waals surface area contributed by atoms with E-state index >= 15 is 0 Å². The van der Waals surface area contributed by atoms with Crippen molar-refractivity contribution < 1.29 is 32.5 Å². The molecule has 0 aliphatic heterocycles. The van der Waals surface area contributed by atoms with Gasteiger partial charge in [-0.1, -0.05) is 42.4 Å². The van der Waals surface area contributed by atoms with E-state index in [1.807, 2.05) is 29.7 Å². The van der Waals surface area contributed by atoms with Crippen LogP contribution in [0.3, 0.4) is 0 Å². The monoisotopic (exact) mass is 549 g/mol. The van der Waals surface area contributed by atoms with Crippen molar-refractivity contribution in [2.24, 2.45) is 0 Å². The Morgan fingerprint density at radius 1 is 1.08 bits per heavy atom. The predicted molar refractivity (Wildman–Crippen MR) is 137 cm³/mol. The van der Waals surface area contributed by atoms with Gasteiger partial charge in [0.15, 0.2) is 6.10 Å². The molecule has 0 radical (unpaired) electrons. The first-order valence-electron chi connectivity index (χ1n) is 11.3. The molecule has 0 bridgehead atoms. The summed E-state index contributed by atoms with van der Waals surface area (Å²) >= 11 is 7.50. The fraction of sp³-hybridized carbons (Fsp3) is 0.222. The molecule has 0 aliphatic carbocycles. The molecule has 0 amide bonds. The van der Waals surface area contributed by atoms with Gasteiger partial charge in [0.1, 0.15) is 11.5 Å². The van der Waals surface area contributed by atoms with Crippen LogP contribution in [0.25, 0.3) is 10.9 Å². The van der Waals surface area contributed by atoms with Gasteiger partial charge in [0.25, 0.3) is 0 Å². The highest BCUT2D eigenvalue weighted by molar-refractivity contribution is 7.99. The molecule has 0 fully saturated rings. The van der Waals surface area contributed by atoms with E-state index in [9.17, 15) is 23.1 Å². The third-order valence-electron chi connectivity index (χ3n) is 5.67. The average Bonchev–Trinajstić information content (AvgIpc) is 3.08. The van der Waals surface area contributed by atoms with E-state index in [0.717, 1.165) is 26.4 Å². The lowest BCUT2D eigenvalue weighted by Gasteiger charge is -2.15. The van der Waals surface area contributed by atoms with Gasteiger partial charge in [-0.05, 0) is 67.4 Å². The number of carboxylic acid groups (broad SMARTS) is 1. The number of hydrogen-bond donors (Lipinski definition) is 1. The van der Waals surface area contributed by atoms with Crippen molar-refractivity contribution >= 4 is 40.2 Å². The summed E-state index contributed by atoms with van der Waals surface area (Å²) in [5.74, 6) is -0.968. The number of aliphatic carboxylic acids is 1. The summed E-state index contributed by atoms with van der Waals surface area (Å²) in [6, 6.07) is 18.6. The van der Waals surface area contributed by atoms with Gasteiger partial charge in [-0.15, -0.1) is 13.2 Å². The van der Waals surface area contributed by atoms with Crippen molar-refractivity contribution in [3.05, 3.63) is 83.0 Å². The van der Waals surface area contributed by atoms with E-state index in [2.05, 4.69) is 4.74 Å². The summed E-state index contributed by atoms with van der Waals surface area (Å²) in [4.78, 5) is 13.2. The van der Waals surface area contributed by atoms with E-state index in [-0.39, 0.29) is 5.75 Å². The van der Waals surface area contributed by atoms with Crippen molar-refractivity contribution in [3.63, 3.8) is 0 Å². The molecule has 0 saturated heterocycles. The number of benzene rings is 3. The Kier molecular flexibility index (Phi) is 7.94. The van der Waals surface area contributed by atoms with Crippen LogP contribution in [0.5, 0.6) is 11.5 Å². The lowest BCUT2D eigenvalue weighted by atomic mass is 10.2. The molecule has 5 nitrogen and oxygen atoms in total. The van der Waals surface area contributed by atoms with E-state index in [4.69, 9.17) is 16.3 Å². The zero-order valence-corrected chi connectivity index (χ0v) is 21.5. The van der Waals surface area contributed by atoms with Crippen LogP contribution in [-0.4, -0.2) is 28.1 Å². The Labute approximate surface area is 220 Å². The maximum Gasteiger partial charge on any atom is 0.573 e. The van der Waals surface area contributed by atoms with Gasteiger partial charge >= 0.3 is 12.3 Å². The molecular formula is C27H23ClF3NO4S. The van der Waals surface area contributed by atoms with E-state index < -0.39 is 18.4 Å². The van der Waals surface area contributed by atoms with Gasteiger partial charge < -0.3 is 19.1 Å². The predicted octanol–water partition coefficient (Wildman–Crippen LogP) is 7.94. The largest absolute Gasteiger partial charge is 0.573 e. The van der Waals surface area contributed by atoms with Crippen LogP contribution in [0.4, 0.5) is 13.2 Å². The van der Waals surface area contributed by atoms with Crippen molar-refractivity contribution in [2.75, 3.05) is 0 Å². The molecule has 1 aromatic heterocycles. The topological polar surface area (TPSA) is 60.7 Å². The molecule has 37 heavy (non-hydrogen) atoms. The highest BCUT2D eigenvalue weighted by atomic mass is 35.5. The highest BCUT2D eigenvalue weighted by Gasteiger charge is 2.31. The van der Waals surface area contributed by atoms with Crippen molar-refractivity contribution in [3.8, 4) is 11.5 Å². The number of carbonyl (C=O) groups is 1. The van der Waals surface area contributed by atoms with E-state index in [1.165, 1.54) is 23.9 Å². The van der Waals surface area contributed by atoms with E-state index in [0.29, 0.717) is 29.3 Å². The van der Waals surface area contributed by atoms with Gasteiger partial charge in [0, 0.05) is 38.5 Å².